The standard InChI is InChI=1S/C45H53IN8O7/c1-46(2)39(52-45(58)60-4)43(56)54-20-6-8-37(54)41-48-26-35(50-41)33-16-15-31-23-30(13-14-32(31)24-33)27-9-11-28(12-10-27)34-25-47-40(49-34)36-7-5-19-53(36)42(55)38(51-44(57)59-3)29-17-21-61-22-18-29/h9-16,23-26,29,36-39H,5-8,17-22H2,1-4H3,(H,47,49)(H,48,50)(H,51,57)(H,52,58)/t36-,37-,38-,39+/m0/s1. The van der Waals surface area contributed by atoms with Gasteiger partial charge in [-0.1, -0.05) is 24.3 Å². The first-order valence-corrected chi connectivity index (χ1v) is 26.3. The van der Waals surface area contributed by atoms with Crippen LogP contribution in [0, 0.1) is 5.92 Å². The molecule has 16 heteroatoms. The quantitative estimate of drug-likeness (QED) is 0.0604. The molecule has 3 fully saturated rings. The molecular weight excluding hydrogens is 891 g/mol. The number of nitrogens with zero attached hydrogens (tertiary/aromatic N) is 4. The van der Waals surface area contributed by atoms with Crippen molar-refractivity contribution in [2.75, 3.05) is 50.4 Å². The van der Waals surface area contributed by atoms with Crippen LogP contribution in [0.4, 0.5) is 9.59 Å². The number of amides is 4. The normalized spacial score (nSPS) is 19.4. The number of fused-ring (bicyclic) bond motifs is 1. The summed E-state index contributed by atoms with van der Waals surface area (Å²) in [5.74, 6) is 1.27. The van der Waals surface area contributed by atoms with E-state index in [4.69, 9.17) is 24.2 Å². The van der Waals surface area contributed by atoms with Crippen molar-refractivity contribution in [1.82, 2.24) is 40.4 Å². The number of aromatic nitrogens is 4. The summed E-state index contributed by atoms with van der Waals surface area (Å²) in [7, 11) is 2.62. The molecule has 4 amide bonds. The number of carbonyl (C=O) groups is 4. The van der Waals surface area contributed by atoms with Crippen molar-refractivity contribution in [3.05, 3.63) is 84.7 Å². The molecule has 0 aliphatic carbocycles. The Bertz CT molecular complexity index is 2380. The van der Waals surface area contributed by atoms with E-state index in [0.717, 1.165) is 81.7 Å². The smallest absolute Gasteiger partial charge is 0.381 e. The van der Waals surface area contributed by atoms with Crippen molar-refractivity contribution in [3.63, 3.8) is 0 Å². The van der Waals surface area contributed by atoms with Crippen LogP contribution >= 0.6 is 19.8 Å². The zero-order valence-electron chi connectivity index (χ0n) is 34.9. The maximum atomic E-state index is 14.0. The van der Waals surface area contributed by atoms with E-state index in [9.17, 15) is 19.2 Å². The van der Waals surface area contributed by atoms with E-state index in [-0.39, 0.29) is 29.8 Å². The number of methoxy groups -OCH3 is 2. The Hall–Kier alpha value is -5.49. The van der Waals surface area contributed by atoms with Gasteiger partial charge < -0.3 is 24.7 Å². The van der Waals surface area contributed by atoms with Gasteiger partial charge in [0.15, 0.2) is 0 Å². The minimum atomic E-state index is -1.76. The third-order valence-electron chi connectivity index (χ3n) is 12.1. The van der Waals surface area contributed by atoms with Crippen LogP contribution in [-0.2, 0) is 23.8 Å². The van der Waals surface area contributed by atoms with Gasteiger partial charge in [0.05, 0.1) is 25.0 Å². The van der Waals surface area contributed by atoms with E-state index in [1.807, 2.05) is 22.2 Å². The first-order chi connectivity index (χ1) is 29.6. The summed E-state index contributed by atoms with van der Waals surface area (Å²) >= 11 is -1.76. The van der Waals surface area contributed by atoms with Crippen molar-refractivity contribution < 1.29 is 33.4 Å². The number of nitrogens with one attached hydrogen (secondary N) is 4. The average Bonchev–Trinajstić information content (AvgIpc) is 4.14. The van der Waals surface area contributed by atoms with Gasteiger partial charge in [-0.25, -0.2) is 9.78 Å². The first-order valence-electron chi connectivity index (χ1n) is 20.7. The number of alkyl carbamates (subject to hydrolysis) is 2. The molecule has 4 N–H and O–H groups in total. The molecule has 5 aromatic rings. The van der Waals surface area contributed by atoms with Crippen molar-refractivity contribution in [2.45, 2.75) is 60.7 Å². The number of H-pyrrole nitrogens is 2. The Morgan fingerprint density at radius 2 is 1.20 bits per heavy atom. The van der Waals surface area contributed by atoms with Gasteiger partial charge in [0.1, 0.15) is 11.9 Å². The third kappa shape index (κ3) is 9.10. The summed E-state index contributed by atoms with van der Waals surface area (Å²) in [6.07, 6.45) is 7.14. The molecule has 0 saturated carbocycles. The molecule has 5 heterocycles. The summed E-state index contributed by atoms with van der Waals surface area (Å²) in [4.78, 5) is 76.2. The summed E-state index contributed by atoms with van der Waals surface area (Å²) in [5.41, 5.74) is 5.91. The zero-order chi connectivity index (χ0) is 42.6. The molecule has 4 atom stereocenters. The third-order valence-corrected chi connectivity index (χ3v) is 15.5. The number of halogens is 1. The molecule has 2 aromatic heterocycles. The number of imidazole rings is 2. The fourth-order valence-corrected chi connectivity index (χ4v) is 11.1. The van der Waals surface area contributed by atoms with Crippen molar-refractivity contribution in [3.8, 4) is 33.6 Å². The fourth-order valence-electron chi connectivity index (χ4n) is 8.83. The van der Waals surface area contributed by atoms with Crippen LogP contribution in [0.1, 0.15) is 62.3 Å². The monoisotopic (exact) mass is 944 g/mol. The van der Waals surface area contributed by atoms with Gasteiger partial charge in [0.2, 0.25) is 5.91 Å². The van der Waals surface area contributed by atoms with Crippen LogP contribution in [-0.4, -0.2) is 114 Å². The van der Waals surface area contributed by atoms with Gasteiger partial charge in [-0.3, -0.25) is 4.79 Å². The Kier molecular flexibility index (Phi) is 12.9. The van der Waals surface area contributed by atoms with Crippen LogP contribution in [0.5, 0.6) is 0 Å². The second kappa shape index (κ2) is 18.6. The number of alkyl halides is 3. The predicted molar refractivity (Wildman–Crippen MR) is 240 cm³/mol. The van der Waals surface area contributed by atoms with Crippen molar-refractivity contribution >= 4 is 54.6 Å². The fraction of sp³-hybridized carbons (Fsp3) is 0.422. The molecular formula is C45H53IN8O7. The Morgan fingerprint density at radius 1 is 0.689 bits per heavy atom. The van der Waals surface area contributed by atoms with Gasteiger partial charge in [-0.05, 0) is 48.3 Å². The van der Waals surface area contributed by atoms with Gasteiger partial charge >= 0.3 is 189 Å². The molecule has 0 radical (unpaired) electrons. The predicted octanol–water partition coefficient (Wildman–Crippen LogP) is 7.21. The Balaban J connectivity index is 0.935. The van der Waals surface area contributed by atoms with Gasteiger partial charge in [-0.15, -0.1) is 0 Å². The van der Waals surface area contributed by atoms with Crippen molar-refractivity contribution in [2.24, 2.45) is 5.92 Å². The SMILES string of the molecule is COC(=O)N[C@H](C(=O)N1CCC[C@H]1c1ncc(-c2ccc(-c3ccc4cc(-c5cnc([C@@H]6CCCN6C(=O)[C@@H](NC(=O)OC)I(C)C)[nH]5)ccc4c3)cc2)[nH]1)C1CCOCC1. The van der Waals surface area contributed by atoms with E-state index in [1.165, 1.54) is 14.2 Å². The number of benzene rings is 3. The Labute approximate surface area is 362 Å². The molecule has 3 aromatic carbocycles. The summed E-state index contributed by atoms with van der Waals surface area (Å²) in [5, 5.41) is 7.79. The molecule has 15 nitrogen and oxygen atoms in total. The van der Waals surface area contributed by atoms with E-state index < -0.39 is 42.1 Å². The number of ether oxygens (including phenoxy) is 3. The molecule has 322 valence electrons. The summed E-state index contributed by atoms with van der Waals surface area (Å²) in [6, 6.07) is 20.1. The second-order valence-electron chi connectivity index (χ2n) is 16.0. The van der Waals surface area contributed by atoms with Gasteiger partial charge in [-0.2, -0.15) is 0 Å². The summed E-state index contributed by atoms with van der Waals surface area (Å²) in [6.45, 7) is 2.34. The van der Waals surface area contributed by atoms with E-state index >= 15 is 0 Å². The Morgan fingerprint density at radius 3 is 1.79 bits per heavy atom. The number of rotatable bonds is 11. The van der Waals surface area contributed by atoms with E-state index in [2.05, 4.69) is 91.1 Å². The topological polar surface area (TPSA) is 184 Å². The number of carbonyl (C=O) groups excluding carboxylic acids is 4. The molecule has 0 bridgehead atoms. The first kappa shape index (κ1) is 42.2. The minimum absolute atomic E-state index is 0.0255. The molecule has 0 unspecified atom stereocenters. The number of aromatic amines is 2. The number of hydrogen-bond donors (Lipinski definition) is 4. The van der Waals surface area contributed by atoms with Crippen LogP contribution < -0.4 is 10.6 Å². The molecule has 8 rings (SSSR count). The average molecular weight is 945 g/mol. The van der Waals surface area contributed by atoms with E-state index in [1.54, 1.807) is 0 Å². The minimum Gasteiger partial charge on any atom is -0.381 e. The zero-order valence-corrected chi connectivity index (χ0v) is 37.1. The second-order valence-corrected chi connectivity index (χ2v) is 21.9. The van der Waals surface area contributed by atoms with Gasteiger partial charge in [0.25, 0.3) is 0 Å². The van der Waals surface area contributed by atoms with Crippen molar-refractivity contribution in [1.29, 1.82) is 0 Å². The summed E-state index contributed by atoms with van der Waals surface area (Å²) < 4.78 is 14.7. The molecule has 3 saturated heterocycles. The number of hydrogen-bond acceptors (Lipinski definition) is 9. The molecule has 61 heavy (non-hydrogen) atoms. The van der Waals surface area contributed by atoms with Crippen LogP contribution in [0.3, 0.4) is 0 Å². The van der Waals surface area contributed by atoms with Crippen LogP contribution in [0.25, 0.3) is 44.4 Å². The van der Waals surface area contributed by atoms with Crippen LogP contribution in [0.2, 0.25) is 0 Å². The molecule has 3 aliphatic heterocycles. The maximum absolute atomic E-state index is 14.0. The molecule has 0 spiro atoms. The molecule has 3 aliphatic rings. The number of likely N-dealkylation sites (tertiary alicyclic amines) is 2. The van der Waals surface area contributed by atoms with E-state index in [0.29, 0.717) is 39.1 Å². The van der Waals surface area contributed by atoms with Gasteiger partial charge in [0, 0.05) is 19.8 Å². The van der Waals surface area contributed by atoms with Crippen LogP contribution in [0.15, 0.2) is 73.1 Å².